The number of fused-ring (bicyclic) bond motifs is 1. The van der Waals surface area contributed by atoms with Crippen molar-refractivity contribution in [3.8, 4) is 0 Å². The highest BCUT2D eigenvalue weighted by Crippen LogP contribution is 2.57. The van der Waals surface area contributed by atoms with Crippen molar-refractivity contribution in [3.05, 3.63) is 22.4 Å². The molecule has 1 amide bonds. The molecule has 2 aliphatic rings. The van der Waals surface area contributed by atoms with Crippen LogP contribution < -0.4 is 5.32 Å². The molecule has 0 saturated heterocycles. The van der Waals surface area contributed by atoms with Crippen LogP contribution in [0.2, 0.25) is 0 Å². The van der Waals surface area contributed by atoms with E-state index < -0.39 is 5.60 Å². The third-order valence-corrected chi connectivity index (χ3v) is 5.49. The summed E-state index contributed by atoms with van der Waals surface area (Å²) < 4.78 is 0. The van der Waals surface area contributed by atoms with Gasteiger partial charge in [-0.05, 0) is 43.0 Å². The van der Waals surface area contributed by atoms with Crippen molar-refractivity contribution >= 4 is 17.2 Å². The Balaban J connectivity index is 1.54. The molecule has 0 spiro atoms. The number of thiophene rings is 1. The molecule has 0 bridgehead atoms. The summed E-state index contributed by atoms with van der Waals surface area (Å²) in [5.74, 6) is 1.65. The molecule has 3 rings (SSSR count). The summed E-state index contributed by atoms with van der Waals surface area (Å²) in [6, 6.07) is 3.82. The molecule has 1 aromatic heterocycles. The second kappa shape index (κ2) is 4.35. The van der Waals surface area contributed by atoms with Gasteiger partial charge in [0, 0.05) is 10.8 Å². The zero-order valence-electron chi connectivity index (χ0n) is 10.6. The van der Waals surface area contributed by atoms with Crippen LogP contribution in [0.25, 0.3) is 0 Å². The van der Waals surface area contributed by atoms with Gasteiger partial charge < -0.3 is 10.4 Å². The molecule has 3 atom stereocenters. The van der Waals surface area contributed by atoms with Crippen molar-refractivity contribution in [2.75, 3.05) is 6.54 Å². The predicted octanol–water partition coefficient (Wildman–Crippen LogP) is 2.12. The molecule has 18 heavy (non-hydrogen) atoms. The van der Waals surface area contributed by atoms with E-state index in [1.54, 1.807) is 6.92 Å². The van der Waals surface area contributed by atoms with Crippen LogP contribution in [-0.2, 0) is 10.4 Å². The fourth-order valence-corrected chi connectivity index (χ4v) is 4.05. The largest absolute Gasteiger partial charge is 0.383 e. The molecule has 4 heteroatoms. The third-order valence-electron chi connectivity index (χ3n) is 4.37. The lowest BCUT2D eigenvalue weighted by atomic mass is 10.0. The van der Waals surface area contributed by atoms with E-state index in [4.69, 9.17) is 0 Å². The molecule has 3 unspecified atom stereocenters. The lowest BCUT2D eigenvalue weighted by molar-refractivity contribution is -0.124. The molecule has 0 aliphatic heterocycles. The van der Waals surface area contributed by atoms with Gasteiger partial charge >= 0.3 is 0 Å². The quantitative estimate of drug-likeness (QED) is 0.876. The van der Waals surface area contributed by atoms with Crippen LogP contribution >= 0.6 is 11.3 Å². The molecule has 0 radical (unpaired) electrons. The van der Waals surface area contributed by atoms with Crippen molar-refractivity contribution < 1.29 is 9.90 Å². The Morgan fingerprint density at radius 3 is 2.89 bits per heavy atom. The van der Waals surface area contributed by atoms with E-state index >= 15 is 0 Å². The third kappa shape index (κ3) is 2.08. The fourth-order valence-electron chi connectivity index (χ4n) is 3.26. The highest BCUT2D eigenvalue weighted by Gasteiger charge is 2.56. The zero-order valence-corrected chi connectivity index (χ0v) is 11.4. The number of amides is 1. The van der Waals surface area contributed by atoms with Crippen molar-refractivity contribution in [2.24, 2.45) is 17.8 Å². The maximum absolute atomic E-state index is 12.0. The monoisotopic (exact) mass is 265 g/mol. The van der Waals surface area contributed by atoms with Crippen molar-refractivity contribution in [1.82, 2.24) is 5.32 Å². The Hall–Kier alpha value is -0.870. The van der Waals surface area contributed by atoms with Crippen LogP contribution in [0.15, 0.2) is 17.5 Å². The molecule has 2 aliphatic carbocycles. The summed E-state index contributed by atoms with van der Waals surface area (Å²) in [7, 11) is 0. The molecule has 1 aromatic rings. The van der Waals surface area contributed by atoms with Gasteiger partial charge in [0.2, 0.25) is 5.91 Å². The molecular formula is C14H19NO2S. The van der Waals surface area contributed by atoms with E-state index in [0.29, 0.717) is 18.4 Å². The summed E-state index contributed by atoms with van der Waals surface area (Å²) >= 11 is 1.52. The highest BCUT2D eigenvalue weighted by atomic mass is 32.1. The van der Waals surface area contributed by atoms with Gasteiger partial charge in [-0.25, -0.2) is 0 Å². The predicted molar refractivity (Wildman–Crippen MR) is 71.2 cm³/mol. The van der Waals surface area contributed by atoms with Crippen LogP contribution in [0.5, 0.6) is 0 Å². The maximum atomic E-state index is 12.0. The maximum Gasteiger partial charge on any atom is 0.223 e. The van der Waals surface area contributed by atoms with Gasteiger partial charge in [-0.2, -0.15) is 0 Å². The van der Waals surface area contributed by atoms with Crippen LogP contribution in [-0.4, -0.2) is 17.6 Å². The lowest BCUT2D eigenvalue weighted by Crippen LogP contribution is -2.39. The number of rotatable bonds is 4. The molecule has 98 valence electrons. The Labute approximate surface area is 111 Å². The van der Waals surface area contributed by atoms with Crippen LogP contribution in [0.1, 0.15) is 31.1 Å². The van der Waals surface area contributed by atoms with Gasteiger partial charge in [-0.3, -0.25) is 4.79 Å². The summed E-state index contributed by atoms with van der Waals surface area (Å²) in [5, 5.41) is 15.2. The summed E-state index contributed by atoms with van der Waals surface area (Å²) in [4.78, 5) is 12.9. The van der Waals surface area contributed by atoms with Gasteiger partial charge in [0.25, 0.3) is 0 Å². The Kier molecular flexibility index (Phi) is 2.94. The first-order valence-corrected chi connectivity index (χ1v) is 7.51. The fraction of sp³-hybridized carbons (Fsp3) is 0.643. The topological polar surface area (TPSA) is 49.3 Å². The zero-order chi connectivity index (χ0) is 12.8. The number of carbonyl (C=O) groups excluding carboxylic acids is 1. The van der Waals surface area contributed by atoms with Crippen LogP contribution in [0.4, 0.5) is 0 Å². The van der Waals surface area contributed by atoms with E-state index in [1.807, 2.05) is 17.5 Å². The molecule has 2 saturated carbocycles. The smallest absolute Gasteiger partial charge is 0.223 e. The van der Waals surface area contributed by atoms with Gasteiger partial charge in [-0.15, -0.1) is 11.3 Å². The molecule has 2 N–H and O–H groups in total. The minimum Gasteiger partial charge on any atom is -0.383 e. The molecule has 2 fully saturated rings. The van der Waals surface area contributed by atoms with Gasteiger partial charge in [0.05, 0.1) is 6.54 Å². The van der Waals surface area contributed by atoms with E-state index in [-0.39, 0.29) is 11.8 Å². The highest BCUT2D eigenvalue weighted by molar-refractivity contribution is 7.10. The second-order valence-electron chi connectivity index (χ2n) is 5.75. The SMILES string of the molecule is CC(O)(CNC(=O)C1C2CCCC21)c1cccs1. The van der Waals surface area contributed by atoms with E-state index in [9.17, 15) is 9.90 Å². The standard InChI is InChI=1S/C14H19NO2S/c1-14(17,11-6-3-7-18-11)8-15-13(16)12-9-4-2-5-10(9)12/h3,6-7,9-10,12,17H,2,4-5,8H2,1H3,(H,15,16). The average molecular weight is 265 g/mol. The normalized spacial score (nSPS) is 32.7. The molecular weight excluding hydrogens is 246 g/mol. The Morgan fingerprint density at radius 2 is 2.28 bits per heavy atom. The van der Waals surface area contributed by atoms with Crippen molar-refractivity contribution in [2.45, 2.75) is 31.8 Å². The van der Waals surface area contributed by atoms with Gasteiger partial charge in [-0.1, -0.05) is 12.5 Å². The number of aliphatic hydroxyl groups is 1. The number of carbonyl (C=O) groups is 1. The number of nitrogens with one attached hydrogen (secondary N) is 1. The minimum atomic E-state index is -0.951. The van der Waals surface area contributed by atoms with Crippen molar-refractivity contribution in [3.63, 3.8) is 0 Å². The lowest BCUT2D eigenvalue weighted by Gasteiger charge is -2.22. The molecule has 1 heterocycles. The van der Waals surface area contributed by atoms with Crippen LogP contribution in [0.3, 0.4) is 0 Å². The number of hydrogen-bond acceptors (Lipinski definition) is 3. The number of hydrogen-bond donors (Lipinski definition) is 2. The van der Waals surface area contributed by atoms with E-state index in [1.165, 1.54) is 30.6 Å². The van der Waals surface area contributed by atoms with Gasteiger partial charge in [0.15, 0.2) is 0 Å². The summed E-state index contributed by atoms with van der Waals surface area (Å²) in [6.45, 7) is 2.06. The second-order valence-corrected chi connectivity index (χ2v) is 6.70. The minimum absolute atomic E-state index is 0.140. The molecule has 3 nitrogen and oxygen atoms in total. The van der Waals surface area contributed by atoms with E-state index in [2.05, 4.69) is 5.32 Å². The van der Waals surface area contributed by atoms with Crippen molar-refractivity contribution in [1.29, 1.82) is 0 Å². The van der Waals surface area contributed by atoms with E-state index in [0.717, 1.165) is 4.88 Å². The first kappa shape index (κ1) is 12.2. The first-order valence-electron chi connectivity index (χ1n) is 6.64. The van der Waals surface area contributed by atoms with Crippen LogP contribution in [0, 0.1) is 17.8 Å². The summed E-state index contributed by atoms with van der Waals surface area (Å²) in [5.41, 5.74) is -0.951. The average Bonchev–Trinajstić information content (AvgIpc) is 2.84. The summed E-state index contributed by atoms with van der Waals surface area (Å²) in [6.07, 6.45) is 3.71. The molecule has 0 aromatic carbocycles. The first-order chi connectivity index (χ1) is 8.59. The van der Waals surface area contributed by atoms with Gasteiger partial charge in [0.1, 0.15) is 5.60 Å². The Morgan fingerprint density at radius 1 is 1.56 bits per heavy atom. The Bertz CT molecular complexity index is 431.